The second kappa shape index (κ2) is 22.1. The molecule has 0 aliphatic heterocycles. The summed E-state index contributed by atoms with van der Waals surface area (Å²) >= 11 is 0. The molecule has 0 fully saturated rings. The van der Waals surface area contributed by atoms with Gasteiger partial charge in [0, 0.05) is 5.54 Å². The summed E-state index contributed by atoms with van der Waals surface area (Å²) in [7, 11) is 2.32. The van der Waals surface area contributed by atoms with E-state index in [1.807, 2.05) is 0 Å². The van der Waals surface area contributed by atoms with Crippen LogP contribution in [-0.2, 0) is 0 Å². The van der Waals surface area contributed by atoms with Gasteiger partial charge in [-0.3, -0.25) is 0 Å². The molecule has 2 heteroatoms. The molecule has 0 bridgehead atoms. The molecular formula is C28H60N2. The Kier molecular flexibility index (Phi) is 22.1. The van der Waals surface area contributed by atoms with Crippen LogP contribution in [0.25, 0.3) is 0 Å². The smallest absolute Gasteiger partial charge is 0.0178 e. The van der Waals surface area contributed by atoms with Gasteiger partial charge in [0.25, 0.3) is 0 Å². The number of rotatable bonds is 24. The Morgan fingerprint density at radius 3 is 1.30 bits per heavy atom. The first-order chi connectivity index (χ1) is 14.6. The van der Waals surface area contributed by atoms with Crippen LogP contribution in [0.5, 0.6) is 0 Å². The molecule has 0 aliphatic carbocycles. The Morgan fingerprint density at radius 2 is 0.900 bits per heavy atom. The normalized spacial score (nSPS) is 13.8. The summed E-state index contributed by atoms with van der Waals surface area (Å²) < 4.78 is 0. The van der Waals surface area contributed by atoms with Crippen molar-refractivity contribution in [2.45, 2.75) is 161 Å². The fourth-order valence-corrected chi connectivity index (χ4v) is 4.72. The third-order valence-corrected chi connectivity index (χ3v) is 7.26. The molecule has 0 heterocycles. The van der Waals surface area contributed by atoms with Crippen LogP contribution in [0.1, 0.15) is 156 Å². The molecule has 2 N–H and O–H groups in total. The van der Waals surface area contributed by atoms with Crippen LogP contribution in [0.15, 0.2) is 0 Å². The fourth-order valence-electron chi connectivity index (χ4n) is 4.72. The SMILES string of the molecule is CCCCCCCCCCCCCCCCCCC(C)(CCCC)N(C)CCCN. The van der Waals surface area contributed by atoms with E-state index >= 15 is 0 Å². The molecule has 182 valence electrons. The zero-order valence-electron chi connectivity index (χ0n) is 21.8. The summed E-state index contributed by atoms with van der Waals surface area (Å²) in [6, 6.07) is 0. The van der Waals surface area contributed by atoms with Gasteiger partial charge in [-0.25, -0.2) is 0 Å². The Hall–Kier alpha value is -0.0800. The molecule has 0 aromatic rings. The lowest BCUT2D eigenvalue weighted by molar-refractivity contribution is 0.109. The van der Waals surface area contributed by atoms with E-state index in [9.17, 15) is 0 Å². The number of nitrogens with two attached hydrogens (primary N) is 1. The summed E-state index contributed by atoms with van der Waals surface area (Å²) in [6.07, 6.45) is 29.7. The topological polar surface area (TPSA) is 29.3 Å². The van der Waals surface area contributed by atoms with Crippen LogP contribution in [0, 0.1) is 0 Å². The van der Waals surface area contributed by atoms with Crippen molar-refractivity contribution in [3.05, 3.63) is 0 Å². The summed E-state index contributed by atoms with van der Waals surface area (Å²) in [4.78, 5) is 2.60. The predicted octanol–water partition coefficient (Wildman–Crippen LogP) is 8.87. The van der Waals surface area contributed by atoms with Crippen LogP contribution in [0.4, 0.5) is 0 Å². The van der Waals surface area contributed by atoms with E-state index < -0.39 is 0 Å². The van der Waals surface area contributed by atoms with Crippen molar-refractivity contribution < 1.29 is 0 Å². The lowest BCUT2D eigenvalue weighted by Crippen LogP contribution is -2.44. The lowest BCUT2D eigenvalue weighted by atomic mass is 9.87. The first-order valence-corrected chi connectivity index (χ1v) is 14.0. The van der Waals surface area contributed by atoms with E-state index in [1.54, 1.807) is 0 Å². The summed E-state index contributed by atoms with van der Waals surface area (Å²) in [6.45, 7) is 9.07. The zero-order valence-corrected chi connectivity index (χ0v) is 21.8. The quantitative estimate of drug-likeness (QED) is 0.157. The van der Waals surface area contributed by atoms with Crippen molar-refractivity contribution in [2.24, 2.45) is 5.73 Å². The summed E-state index contributed by atoms with van der Waals surface area (Å²) in [5.74, 6) is 0. The van der Waals surface area contributed by atoms with Gasteiger partial charge in [-0.05, 0) is 46.3 Å². The van der Waals surface area contributed by atoms with Gasteiger partial charge in [-0.2, -0.15) is 0 Å². The molecule has 0 rings (SSSR count). The molecule has 0 aliphatic rings. The molecule has 0 aromatic heterocycles. The monoisotopic (exact) mass is 424 g/mol. The van der Waals surface area contributed by atoms with Crippen LogP contribution in [-0.4, -0.2) is 30.6 Å². The van der Waals surface area contributed by atoms with Gasteiger partial charge in [-0.1, -0.05) is 129 Å². The van der Waals surface area contributed by atoms with Crippen molar-refractivity contribution in [2.75, 3.05) is 20.1 Å². The minimum atomic E-state index is 0.376. The maximum Gasteiger partial charge on any atom is 0.0178 e. The van der Waals surface area contributed by atoms with E-state index in [0.717, 1.165) is 19.5 Å². The lowest BCUT2D eigenvalue weighted by Gasteiger charge is -2.39. The third kappa shape index (κ3) is 17.6. The largest absolute Gasteiger partial charge is 0.330 e. The molecule has 30 heavy (non-hydrogen) atoms. The van der Waals surface area contributed by atoms with Gasteiger partial charge in [-0.15, -0.1) is 0 Å². The van der Waals surface area contributed by atoms with Crippen molar-refractivity contribution >= 4 is 0 Å². The average Bonchev–Trinajstić information content (AvgIpc) is 2.75. The van der Waals surface area contributed by atoms with Crippen LogP contribution < -0.4 is 5.73 Å². The van der Waals surface area contributed by atoms with Gasteiger partial charge in [0.1, 0.15) is 0 Å². The highest BCUT2D eigenvalue weighted by atomic mass is 15.2. The highest BCUT2D eigenvalue weighted by Gasteiger charge is 2.27. The van der Waals surface area contributed by atoms with Gasteiger partial charge in [0.15, 0.2) is 0 Å². The highest BCUT2D eigenvalue weighted by molar-refractivity contribution is 4.84. The first-order valence-electron chi connectivity index (χ1n) is 14.0. The highest BCUT2D eigenvalue weighted by Crippen LogP contribution is 2.28. The number of nitrogens with zero attached hydrogens (tertiary/aromatic N) is 1. The van der Waals surface area contributed by atoms with E-state index in [4.69, 9.17) is 5.73 Å². The van der Waals surface area contributed by atoms with Gasteiger partial charge < -0.3 is 10.6 Å². The molecule has 0 aromatic carbocycles. The van der Waals surface area contributed by atoms with Gasteiger partial charge >= 0.3 is 0 Å². The molecule has 0 spiro atoms. The van der Waals surface area contributed by atoms with Crippen molar-refractivity contribution in [1.82, 2.24) is 4.90 Å². The predicted molar refractivity (Wildman–Crippen MR) is 138 cm³/mol. The molecule has 0 amide bonds. The molecule has 0 saturated heterocycles. The minimum Gasteiger partial charge on any atom is -0.330 e. The second-order valence-electron chi connectivity index (χ2n) is 10.2. The number of unbranched alkanes of at least 4 members (excludes halogenated alkanes) is 16. The number of hydrogen-bond donors (Lipinski definition) is 1. The van der Waals surface area contributed by atoms with Crippen molar-refractivity contribution in [3.63, 3.8) is 0 Å². The van der Waals surface area contributed by atoms with E-state index in [-0.39, 0.29) is 0 Å². The maximum absolute atomic E-state index is 5.73. The molecule has 1 unspecified atom stereocenters. The minimum absolute atomic E-state index is 0.376. The van der Waals surface area contributed by atoms with Crippen LogP contribution in [0.3, 0.4) is 0 Å². The van der Waals surface area contributed by atoms with Crippen molar-refractivity contribution in [3.8, 4) is 0 Å². The average molecular weight is 425 g/mol. The first kappa shape index (κ1) is 29.9. The third-order valence-electron chi connectivity index (χ3n) is 7.26. The van der Waals surface area contributed by atoms with Gasteiger partial charge in [0.05, 0.1) is 0 Å². The van der Waals surface area contributed by atoms with Crippen molar-refractivity contribution in [1.29, 1.82) is 0 Å². The van der Waals surface area contributed by atoms with Gasteiger partial charge in [0.2, 0.25) is 0 Å². The Bertz CT molecular complexity index is 331. The van der Waals surface area contributed by atoms with E-state index in [1.165, 1.54) is 128 Å². The second-order valence-corrected chi connectivity index (χ2v) is 10.2. The summed E-state index contributed by atoms with van der Waals surface area (Å²) in [5.41, 5.74) is 6.11. The summed E-state index contributed by atoms with van der Waals surface area (Å²) in [5, 5.41) is 0. The molecule has 2 nitrogen and oxygen atoms in total. The standard InChI is InChI=1S/C28H60N2/c1-5-7-9-10-11-12-13-14-15-16-17-18-19-20-21-22-25-28(3,24-8-6-2)30(4)27-23-26-29/h5-27,29H2,1-4H3. The zero-order chi connectivity index (χ0) is 22.3. The van der Waals surface area contributed by atoms with Crippen LogP contribution >= 0.6 is 0 Å². The molecule has 1 atom stereocenters. The molecule has 0 saturated carbocycles. The van der Waals surface area contributed by atoms with Crippen LogP contribution in [0.2, 0.25) is 0 Å². The fraction of sp³-hybridized carbons (Fsp3) is 1.00. The molecular weight excluding hydrogens is 364 g/mol. The Morgan fingerprint density at radius 1 is 0.533 bits per heavy atom. The van der Waals surface area contributed by atoms with E-state index in [2.05, 4.69) is 32.7 Å². The maximum atomic E-state index is 5.73. The van der Waals surface area contributed by atoms with E-state index in [0.29, 0.717) is 5.54 Å². The molecule has 0 radical (unpaired) electrons. The Balaban J connectivity index is 3.58. The number of hydrogen-bond acceptors (Lipinski definition) is 2. The Labute approximate surface area is 192 Å².